The molecule has 0 aliphatic rings. The minimum absolute atomic E-state index is 0.206. The van der Waals surface area contributed by atoms with Gasteiger partial charge in [0.1, 0.15) is 12.6 Å². The Morgan fingerprint density at radius 2 is 0.755 bits per heavy atom. The number of likely N-dealkylation sites (N-methyl/N-ethyl adjacent to an activating group) is 1. The number of allylic oxidation sites excluding steroid dienone is 8. The quantitative estimate of drug-likeness (QED) is 0.0364. The van der Waals surface area contributed by atoms with Crippen LogP contribution in [0.25, 0.3) is 0 Å². The Morgan fingerprint density at radius 1 is 0.408 bits per heavy atom. The molecule has 1 atom stereocenters. The number of rotatable bonds is 39. The first kappa shape index (κ1) is 47.8. The summed E-state index contributed by atoms with van der Waals surface area (Å²) in [6, 6.07) is 0. The van der Waals surface area contributed by atoms with Crippen molar-refractivity contribution >= 4 is 0 Å². The average Bonchev–Trinajstić information content (AvgIpc) is 3.07. The van der Waals surface area contributed by atoms with Gasteiger partial charge in [0.05, 0.1) is 27.7 Å². The van der Waals surface area contributed by atoms with Gasteiger partial charge >= 0.3 is 0 Å². The fourth-order valence-electron chi connectivity index (χ4n) is 6.22. The Bertz CT molecular complexity index is 747. The highest BCUT2D eigenvalue weighted by Crippen LogP contribution is 2.13. The highest BCUT2D eigenvalue weighted by Gasteiger charge is 2.19. The second-order valence-corrected chi connectivity index (χ2v) is 15.6. The molecule has 0 aliphatic carbocycles. The third-order valence-corrected chi connectivity index (χ3v) is 9.24. The Kier molecular flexibility index (Phi) is 38.7. The van der Waals surface area contributed by atoms with Crippen molar-refractivity contribution in [3.05, 3.63) is 48.6 Å². The summed E-state index contributed by atoms with van der Waals surface area (Å²) in [6.07, 6.45) is 55.7. The third-order valence-electron chi connectivity index (χ3n) is 9.24. The van der Waals surface area contributed by atoms with Crippen LogP contribution in [0.3, 0.4) is 0 Å². The Hall–Kier alpha value is -1.16. The number of unbranched alkanes of at least 4 members (excludes halogenated alkanes) is 22. The smallest absolute Gasteiger partial charge is 0.130 e. The summed E-state index contributed by atoms with van der Waals surface area (Å²) in [4.78, 5) is 0. The van der Waals surface area contributed by atoms with Crippen molar-refractivity contribution in [1.82, 2.24) is 0 Å². The summed E-state index contributed by atoms with van der Waals surface area (Å²) >= 11 is 0. The first-order chi connectivity index (χ1) is 24.0. The molecule has 288 valence electrons. The molecule has 0 radical (unpaired) electrons. The van der Waals surface area contributed by atoms with E-state index in [4.69, 9.17) is 9.47 Å². The Balaban J connectivity index is 3.63. The zero-order valence-electron chi connectivity index (χ0n) is 34.1. The molecule has 0 aromatic carbocycles. The molecule has 0 N–H and O–H groups in total. The van der Waals surface area contributed by atoms with Crippen molar-refractivity contribution in [2.75, 3.05) is 47.5 Å². The summed E-state index contributed by atoms with van der Waals surface area (Å²) in [5.41, 5.74) is 0. The molecule has 0 bridgehead atoms. The van der Waals surface area contributed by atoms with Crippen LogP contribution in [0, 0.1) is 0 Å². The summed E-state index contributed by atoms with van der Waals surface area (Å²) in [5.74, 6) is 0. The molecule has 0 heterocycles. The minimum Gasteiger partial charge on any atom is -0.379 e. The zero-order valence-corrected chi connectivity index (χ0v) is 34.1. The molecule has 0 amide bonds. The fourth-order valence-corrected chi connectivity index (χ4v) is 6.22. The molecule has 0 spiro atoms. The van der Waals surface area contributed by atoms with Crippen LogP contribution in [0.5, 0.6) is 0 Å². The van der Waals surface area contributed by atoms with Crippen molar-refractivity contribution < 1.29 is 14.0 Å². The Morgan fingerprint density at radius 3 is 1.14 bits per heavy atom. The van der Waals surface area contributed by atoms with E-state index in [1.54, 1.807) is 0 Å². The third kappa shape index (κ3) is 42.9. The molecule has 0 aromatic rings. The number of hydrogen-bond acceptors (Lipinski definition) is 2. The van der Waals surface area contributed by atoms with Gasteiger partial charge in [0.25, 0.3) is 0 Å². The largest absolute Gasteiger partial charge is 0.379 e. The lowest BCUT2D eigenvalue weighted by atomic mass is 10.1. The second kappa shape index (κ2) is 39.6. The van der Waals surface area contributed by atoms with Gasteiger partial charge < -0.3 is 14.0 Å². The van der Waals surface area contributed by atoms with Crippen molar-refractivity contribution in [2.45, 2.75) is 200 Å². The van der Waals surface area contributed by atoms with Crippen LogP contribution in [0.15, 0.2) is 48.6 Å². The number of nitrogens with zero attached hydrogens (tertiary/aromatic N) is 1. The van der Waals surface area contributed by atoms with Crippen LogP contribution in [-0.2, 0) is 9.47 Å². The van der Waals surface area contributed by atoms with Gasteiger partial charge in [-0.15, -0.1) is 0 Å². The van der Waals surface area contributed by atoms with E-state index in [9.17, 15) is 0 Å². The Labute approximate surface area is 309 Å². The van der Waals surface area contributed by atoms with E-state index in [1.807, 2.05) is 0 Å². The maximum Gasteiger partial charge on any atom is 0.130 e. The maximum absolute atomic E-state index is 6.33. The van der Waals surface area contributed by atoms with Gasteiger partial charge in [-0.2, -0.15) is 0 Å². The molecular weight excluding hydrogens is 599 g/mol. The molecule has 1 unspecified atom stereocenters. The highest BCUT2D eigenvalue weighted by molar-refractivity contribution is 4.93. The van der Waals surface area contributed by atoms with Crippen LogP contribution in [0.4, 0.5) is 0 Å². The van der Waals surface area contributed by atoms with Crippen LogP contribution in [0.1, 0.15) is 194 Å². The molecular formula is C46H88NO2+. The van der Waals surface area contributed by atoms with Gasteiger partial charge in [-0.3, -0.25) is 0 Å². The normalized spacial score (nSPS) is 13.3. The average molecular weight is 687 g/mol. The van der Waals surface area contributed by atoms with Crippen LogP contribution in [0.2, 0.25) is 0 Å². The summed E-state index contributed by atoms with van der Waals surface area (Å²) in [5, 5.41) is 0. The van der Waals surface area contributed by atoms with E-state index >= 15 is 0 Å². The van der Waals surface area contributed by atoms with Gasteiger partial charge in [-0.25, -0.2) is 0 Å². The standard InChI is InChI=1S/C46H88NO2/c1-6-8-10-12-14-16-18-20-22-24-26-28-30-32-34-36-38-40-42-48-45-46(44-47(3,4)5)49-43-41-39-37-35-33-31-29-27-25-23-21-19-17-15-13-11-9-7-2/h14-17,20-23,46H,6-13,18-19,24-45H2,1-5H3/q+1/b16-14-,17-15-,22-20-,23-21-. The first-order valence-corrected chi connectivity index (χ1v) is 21.6. The molecule has 3 nitrogen and oxygen atoms in total. The molecule has 3 heteroatoms. The highest BCUT2D eigenvalue weighted by atomic mass is 16.5. The lowest BCUT2D eigenvalue weighted by Crippen LogP contribution is -2.44. The van der Waals surface area contributed by atoms with Gasteiger partial charge in [0.2, 0.25) is 0 Å². The van der Waals surface area contributed by atoms with E-state index in [-0.39, 0.29) is 6.10 Å². The monoisotopic (exact) mass is 687 g/mol. The fraction of sp³-hybridized carbons (Fsp3) is 0.826. The zero-order chi connectivity index (χ0) is 35.8. The summed E-state index contributed by atoms with van der Waals surface area (Å²) in [6.45, 7) is 8.04. The van der Waals surface area contributed by atoms with Gasteiger partial charge in [-0.1, -0.05) is 165 Å². The van der Waals surface area contributed by atoms with Gasteiger partial charge in [-0.05, 0) is 77.0 Å². The predicted molar refractivity (Wildman–Crippen MR) is 221 cm³/mol. The van der Waals surface area contributed by atoms with E-state index in [0.717, 1.165) is 43.7 Å². The molecule has 0 saturated carbocycles. The second-order valence-electron chi connectivity index (χ2n) is 15.6. The van der Waals surface area contributed by atoms with E-state index in [2.05, 4.69) is 83.6 Å². The molecule has 0 rings (SSSR count). The molecule has 0 saturated heterocycles. The molecule has 0 fully saturated rings. The van der Waals surface area contributed by atoms with Gasteiger partial charge in [0.15, 0.2) is 0 Å². The topological polar surface area (TPSA) is 18.5 Å². The van der Waals surface area contributed by atoms with Crippen molar-refractivity contribution in [1.29, 1.82) is 0 Å². The minimum atomic E-state index is 0.206. The maximum atomic E-state index is 6.33. The van der Waals surface area contributed by atoms with Crippen LogP contribution >= 0.6 is 0 Å². The lowest BCUT2D eigenvalue weighted by Gasteiger charge is -2.29. The lowest BCUT2D eigenvalue weighted by molar-refractivity contribution is -0.873. The summed E-state index contributed by atoms with van der Waals surface area (Å²) < 4.78 is 13.4. The van der Waals surface area contributed by atoms with Crippen molar-refractivity contribution in [3.8, 4) is 0 Å². The van der Waals surface area contributed by atoms with E-state index in [1.165, 1.54) is 167 Å². The predicted octanol–water partition coefficient (Wildman–Crippen LogP) is 14.3. The number of quaternary nitrogens is 1. The van der Waals surface area contributed by atoms with Crippen LogP contribution < -0.4 is 0 Å². The van der Waals surface area contributed by atoms with E-state index < -0.39 is 0 Å². The number of ether oxygens (including phenoxy) is 2. The van der Waals surface area contributed by atoms with E-state index in [0.29, 0.717) is 0 Å². The first-order valence-electron chi connectivity index (χ1n) is 21.6. The summed E-state index contributed by atoms with van der Waals surface area (Å²) in [7, 11) is 6.77. The molecule has 0 aromatic heterocycles. The molecule has 49 heavy (non-hydrogen) atoms. The van der Waals surface area contributed by atoms with Crippen molar-refractivity contribution in [3.63, 3.8) is 0 Å². The number of hydrogen-bond donors (Lipinski definition) is 0. The van der Waals surface area contributed by atoms with Crippen molar-refractivity contribution in [2.24, 2.45) is 0 Å². The van der Waals surface area contributed by atoms with Gasteiger partial charge in [0, 0.05) is 13.2 Å². The SMILES string of the molecule is CCCCC/C=C\C/C=C\CCCCCCCCCCOCC(C[N+](C)(C)C)OCCCCCCCCCC/C=C\C/C=C\CCCCC. The molecule has 0 aliphatic heterocycles. The van der Waals surface area contributed by atoms with Crippen LogP contribution in [-0.4, -0.2) is 58.1 Å².